The Morgan fingerprint density at radius 2 is 1.62 bits per heavy atom. The van der Waals surface area contributed by atoms with Gasteiger partial charge in [0, 0.05) is 22.4 Å². The van der Waals surface area contributed by atoms with Crippen LogP contribution in [-0.2, 0) is 12.6 Å². The molecule has 0 radical (unpaired) electrons. The predicted molar refractivity (Wildman–Crippen MR) is 147 cm³/mol. The number of carbonyl (C=O) groups is 1. The Labute approximate surface area is 230 Å². The Bertz CT molecular complexity index is 1650. The number of aromatic amines is 1. The van der Waals surface area contributed by atoms with Crippen LogP contribution in [0.2, 0.25) is 0 Å². The maximum atomic E-state index is 13.1. The SMILES string of the molecule is CSc1ccc(-n2c(-c3ccc(C)cc3)c(CC(N=O)NC(=O)c3ccc(C(F)(F)F)cc3)c(=O)[nH]c2=O)cc1. The van der Waals surface area contributed by atoms with Gasteiger partial charge in [-0.3, -0.25) is 19.1 Å². The quantitative estimate of drug-likeness (QED) is 0.221. The van der Waals surface area contributed by atoms with E-state index in [1.807, 2.05) is 25.3 Å². The number of nitrogens with zero attached hydrogens (tertiary/aromatic N) is 2. The number of halogens is 3. The Morgan fingerprint density at radius 3 is 2.17 bits per heavy atom. The number of hydrogen-bond donors (Lipinski definition) is 2. The van der Waals surface area contributed by atoms with Crippen molar-refractivity contribution in [3.8, 4) is 16.9 Å². The van der Waals surface area contributed by atoms with Crippen LogP contribution in [0.5, 0.6) is 0 Å². The van der Waals surface area contributed by atoms with Gasteiger partial charge in [-0.1, -0.05) is 29.8 Å². The monoisotopic (exact) mass is 568 g/mol. The molecule has 1 amide bonds. The summed E-state index contributed by atoms with van der Waals surface area (Å²) in [4.78, 5) is 53.9. The molecule has 0 saturated carbocycles. The minimum Gasteiger partial charge on any atom is -0.327 e. The number of nitrogens with one attached hydrogen (secondary N) is 2. The number of H-pyrrole nitrogens is 1. The number of carbonyl (C=O) groups excluding carboxylic acids is 1. The molecule has 0 fully saturated rings. The zero-order valence-electron chi connectivity index (χ0n) is 21.3. The summed E-state index contributed by atoms with van der Waals surface area (Å²) in [5.74, 6) is -0.854. The Kier molecular flexibility index (Phi) is 8.38. The zero-order chi connectivity index (χ0) is 29.0. The van der Waals surface area contributed by atoms with Crippen LogP contribution in [0, 0.1) is 11.8 Å². The van der Waals surface area contributed by atoms with Crippen LogP contribution in [0.3, 0.4) is 0 Å². The fraction of sp³-hybridized carbons (Fsp3) is 0.179. The van der Waals surface area contributed by atoms with Crippen LogP contribution in [-0.4, -0.2) is 27.9 Å². The van der Waals surface area contributed by atoms with Crippen LogP contribution in [0.1, 0.15) is 27.0 Å². The fourth-order valence-corrected chi connectivity index (χ4v) is 4.52. The van der Waals surface area contributed by atoms with Gasteiger partial charge < -0.3 is 5.32 Å². The average Bonchev–Trinajstić information content (AvgIpc) is 2.94. The molecular formula is C28H23F3N4O4S. The lowest BCUT2D eigenvalue weighted by molar-refractivity contribution is -0.137. The van der Waals surface area contributed by atoms with Crippen molar-refractivity contribution in [2.24, 2.45) is 5.18 Å². The summed E-state index contributed by atoms with van der Waals surface area (Å²) in [5, 5.41) is 5.29. The Hall–Kier alpha value is -4.45. The maximum absolute atomic E-state index is 13.1. The van der Waals surface area contributed by atoms with Gasteiger partial charge >= 0.3 is 11.9 Å². The number of rotatable bonds is 8. The molecule has 3 aromatic carbocycles. The average molecular weight is 569 g/mol. The van der Waals surface area contributed by atoms with Gasteiger partial charge in [-0.15, -0.1) is 16.7 Å². The first kappa shape index (κ1) is 28.6. The summed E-state index contributed by atoms with van der Waals surface area (Å²) < 4.78 is 39.9. The maximum Gasteiger partial charge on any atom is 0.416 e. The number of alkyl halides is 3. The molecule has 1 heterocycles. The van der Waals surface area contributed by atoms with Crippen molar-refractivity contribution >= 4 is 17.7 Å². The van der Waals surface area contributed by atoms with Crippen molar-refractivity contribution in [1.82, 2.24) is 14.9 Å². The van der Waals surface area contributed by atoms with Crippen LogP contribution in [0.4, 0.5) is 13.2 Å². The molecule has 0 aliphatic heterocycles. The summed E-state index contributed by atoms with van der Waals surface area (Å²) in [6.07, 6.45) is -4.53. The molecule has 0 bridgehead atoms. The molecule has 1 aromatic heterocycles. The largest absolute Gasteiger partial charge is 0.416 e. The molecule has 4 aromatic rings. The van der Waals surface area contributed by atoms with Crippen LogP contribution < -0.4 is 16.6 Å². The number of aryl methyl sites for hydroxylation is 1. The molecule has 1 unspecified atom stereocenters. The van der Waals surface area contributed by atoms with Crippen LogP contribution in [0.25, 0.3) is 16.9 Å². The number of hydrogen-bond acceptors (Lipinski definition) is 6. The lowest BCUT2D eigenvalue weighted by Gasteiger charge is -2.19. The van der Waals surface area contributed by atoms with Crippen molar-refractivity contribution in [3.63, 3.8) is 0 Å². The minimum absolute atomic E-state index is 0.00900. The zero-order valence-corrected chi connectivity index (χ0v) is 22.1. The van der Waals surface area contributed by atoms with E-state index >= 15 is 0 Å². The predicted octanol–water partition coefficient (Wildman–Crippen LogP) is 5.31. The summed E-state index contributed by atoms with van der Waals surface area (Å²) in [6, 6.07) is 17.6. The van der Waals surface area contributed by atoms with E-state index in [9.17, 15) is 32.5 Å². The third kappa shape index (κ3) is 6.23. The molecule has 1 atom stereocenters. The Morgan fingerprint density at radius 1 is 1.00 bits per heavy atom. The standard InChI is InChI=1S/C28H23F3N4O4S/c1-16-3-5-17(6-4-16)24-22(26(37)33-27(38)35(24)20-11-13-21(40-2)14-12-20)15-23(34-39)32-25(36)18-7-9-19(10-8-18)28(29,30)31/h3-14,23H,15H2,1-2H3,(H,32,36)(H,33,37,38). The number of thioether (sulfide) groups is 1. The second-order valence-electron chi connectivity index (χ2n) is 8.86. The summed E-state index contributed by atoms with van der Waals surface area (Å²) >= 11 is 1.51. The first-order valence-corrected chi connectivity index (χ1v) is 13.1. The van der Waals surface area contributed by atoms with E-state index in [0.717, 1.165) is 34.7 Å². The van der Waals surface area contributed by atoms with Gasteiger partial charge in [-0.2, -0.15) is 13.2 Å². The third-order valence-electron chi connectivity index (χ3n) is 6.16. The van der Waals surface area contributed by atoms with E-state index < -0.39 is 41.5 Å². The lowest BCUT2D eigenvalue weighted by atomic mass is 10.0. The fourth-order valence-electron chi connectivity index (χ4n) is 4.11. The molecule has 0 spiro atoms. The van der Waals surface area contributed by atoms with Gasteiger partial charge in [-0.25, -0.2) is 4.79 Å². The molecule has 8 nitrogen and oxygen atoms in total. The number of nitroso groups, excluding NO2 is 1. The van der Waals surface area contributed by atoms with E-state index in [2.05, 4.69) is 15.5 Å². The number of aromatic nitrogens is 2. The summed E-state index contributed by atoms with van der Waals surface area (Å²) in [7, 11) is 0. The van der Waals surface area contributed by atoms with Gasteiger partial charge in [-0.05, 0) is 72.5 Å². The minimum atomic E-state index is -4.58. The summed E-state index contributed by atoms with van der Waals surface area (Å²) in [5.41, 5.74) is -0.413. The van der Waals surface area contributed by atoms with E-state index in [4.69, 9.17) is 0 Å². The van der Waals surface area contributed by atoms with Crippen molar-refractivity contribution in [3.05, 3.63) is 121 Å². The summed E-state index contributed by atoms with van der Waals surface area (Å²) in [6.45, 7) is 1.87. The van der Waals surface area contributed by atoms with Crippen molar-refractivity contribution in [2.75, 3.05) is 6.26 Å². The molecule has 2 N–H and O–H groups in total. The van der Waals surface area contributed by atoms with Gasteiger partial charge in [0.05, 0.1) is 16.9 Å². The van der Waals surface area contributed by atoms with Crippen molar-refractivity contribution in [2.45, 2.75) is 30.6 Å². The first-order valence-electron chi connectivity index (χ1n) is 11.9. The molecular weight excluding hydrogens is 545 g/mol. The van der Waals surface area contributed by atoms with E-state index in [1.165, 1.54) is 16.3 Å². The van der Waals surface area contributed by atoms with Crippen LogP contribution >= 0.6 is 11.8 Å². The Balaban J connectivity index is 1.76. The molecule has 0 aliphatic rings. The topological polar surface area (TPSA) is 113 Å². The highest BCUT2D eigenvalue weighted by atomic mass is 32.2. The second kappa shape index (κ2) is 11.7. The highest BCUT2D eigenvalue weighted by Crippen LogP contribution is 2.29. The molecule has 40 heavy (non-hydrogen) atoms. The highest BCUT2D eigenvalue weighted by Gasteiger charge is 2.30. The molecule has 0 aliphatic carbocycles. The second-order valence-corrected chi connectivity index (χ2v) is 9.74. The lowest BCUT2D eigenvalue weighted by Crippen LogP contribution is -2.39. The number of amides is 1. The normalized spacial score (nSPS) is 12.1. The number of benzene rings is 3. The third-order valence-corrected chi connectivity index (χ3v) is 6.90. The van der Waals surface area contributed by atoms with Gasteiger partial charge in [0.1, 0.15) is 0 Å². The molecule has 206 valence electrons. The highest BCUT2D eigenvalue weighted by molar-refractivity contribution is 7.98. The first-order chi connectivity index (χ1) is 19.0. The van der Waals surface area contributed by atoms with Gasteiger partial charge in [0.15, 0.2) is 6.17 Å². The smallest absolute Gasteiger partial charge is 0.327 e. The van der Waals surface area contributed by atoms with Crippen LogP contribution in [0.15, 0.2) is 92.5 Å². The molecule has 0 saturated heterocycles. The molecule has 4 rings (SSSR count). The van der Waals surface area contributed by atoms with E-state index in [0.29, 0.717) is 11.3 Å². The molecule has 12 heteroatoms. The van der Waals surface area contributed by atoms with Crippen molar-refractivity contribution in [1.29, 1.82) is 0 Å². The van der Waals surface area contributed by atoms with E-state index in [-0.39, 0.29) is 16.8 Å². The van der Waals surface area contributed by atoms with E-state index in [1.54, 1.807) is 36.4 Å². The van der Waals surface area contributed by atoms with Gasteiger partial charge in [0.25, 0.3) is 11.5 Å². The van der Waals surface area contributed by atoms with Gasteiger partial charge in [0.2, 0.25) is 0 Å². The van der Waals surface area contributed by atoms with Crippen molar-refractivity contribution < 1.29 is 18.0 Å².